The third-order valence-corrected chi connectivity index (χ3v) is 5.59. The standard InChI is InChI=1S/C18H14Cl2N2O3S/c19-11-1-3-14(20)13(9-11)15-4-2-12(25-15)10-16-17(23)21-18(26-16)22-5-7-24-8-6-22/h1-4,9-10H,5-8H2. The maximum absolute atomic E-state index is 12.2. The second-order valence-electron chi connectivity index (χ2n) is 5.74. The fraction of sp³-hybridized carbons (Fsp3) is 0.222. The van der Waals surface area contributed by atoms with Crippen molar-refractivity contribution in [3.63, 3.8) is 0 Å². The summed E-state index contributed by atoms with van der Waals surface area (Å²) >= 11 is 13.6. The van der Waals surface area contributed by atoms with E-state index in [1.54, 1.807) is 36.4 Å². The fourth-order valence-corrected chi connectivity index (χ4v) is 4.01. The predicted octanol–water partition coefficient (Wildman–Crippen LogP) is 4.56. The van der Waals surface area contributed by atoms with E-state index < -0.39 is 0 Å². The van der Waals surface area contributed by atoms with E-state index in [1.165, 1.54) is 11.8 Å². The van der Waals surface area contributed by atoms with E-state index in [-0.39, 0.29) is 5.91 Å². The van der Waals surface area contributed by atoms with Crippen LogP contribution in [0.3, 0.4) is 0 Å². The summed E-state index contributed by atoms with van der Waals surface area (Å²) in [5.74, 6) is 0.898. The zero-order chi connectivity index (χ0) is 18.1. The second-order valence-corrected chi connectivity index (χ2v) is 7.59. The molecule has 0 N–H and O–H groups in total. The number of carbonyl (C=O) groups is 1. The largest absolute Gasteiger partial charge is 0.457 e. The first-order chi connectivity index (χ1) is 12.6. The minimum Gasteiger partial charge on any atom is -0.457 e. The van der Waals surface area contributed by atoms with Crippen LogP contribution in [-0.2, 0) is 9.53 Å². The number of aliphatic imine (C=N–C) groups is 1. The molecule has 0 unspecified atom stereocenters. The van der Waals surface area contributed by atoms with Gasteiger partial charge in [-0.2, -0.15) is 4.99 Å². The SMILES string of the molecule is O=C1N=C(N2CCOCC2)SC1=Cc1ccc(-c2cc(Cl)ccc2Cl)o1. The van der Waals surface area contributed by atoms with Gasteiger partial charge >= 0.3 is 0 Å². The minimum atomic E-state index is -0.254. The Kier molecular flexibility index (Phi) is 5.09. The van der Waals surface area contributed by atoms with Crippen molar-refractivity contribution >= 4 is 52.1 Å². The lowest BCUT2D eigenvalue weighted by atomic mass is 10.2. The van der Waals surface area contributed by atoms with Gasteiger partial charge in [-0.25, -0.2) is 0 Å². The Bertz CT molecular complexity index is 917. The molecule has 1 saturated heterocycles. The Hall–Kier alpha value is -1.73. The summed E-state index contributed by atoms with van der Waals surface area (Å²) in [6.45, 7) is 2.78. The molecule has 0 spiro atoms. The number of ether oxygens (including phenoxy) is 1. The van der Waals surface area contributed by atoms with Crippen LogP contribution in [0.25, 0.3) is 17.4 Å². The first-order valence-corrected chi connectivity index (χ1v) is 9.58. The Morgan fingerprint density at radius 1 is 1.15 bits per heavy atom. The van der Waals surface area contributed by atoms with Crippen molar-refractivity contribution in [1.82, 2.24) is 4.90 Å². The maximum Gasteiger partial charge on any atom is 0.286 e. The molecule has 1 aromatic carbocycles. The molecular weight excluding hydrogens is 395 g/mol. The molecule has 2 aliphatic heterocycles. The molecule has 0 atom stereocenters. The highest BCUT2D eigenvalue weighted by Gasteiger charge is 2.27. The smallest absolute Gasteiger partial charge is 0.286 e. The lowest BCUT2D eigenvalue weighted by molar-refractivity contribution is -0.113. The summed E-state index contributed by atoms with van der Waals surface area (Å²) < 4.78 is 11.2. The van der Waals surface area contributed by atoms with Crippen LogP contribution in [0.1, 0.15) is 5.76 Å². The van der Waals surface area contributed by atoms with Gasteiger partial charge in [0.2, 0.25) is 0 Å². The Morgan fingerprint density at radius 2 is 1.96 bits per heavy atom. The van der Waals surface area contributed by atoms with Gasteiger partial charge in [-0.3, -0.25) is 4.79 Å². The number of hydrogen-bond acceptors (Lipinski definition) is 5. The van der Waals surface area contributed by atoms with Gasteiger partial charge in [-0.1, -0.05) is 23.2 Å². The van der Waals surface area contributed by atoms with Crippen LogP contribution in [0.2, 0.25) is 10.0 Å². The average molecular weight is 409 g/mol. The highest BCUT2D eigenvalue weighted by molar-refractivity contribution is 8.18. The molecule has 0 bridgehead atoms. The van der Waals surface area contributed by atoms with E-state index in [0.717, 1.165) is 13.1 Å². The first-order valence-electron chi connectivity index (χ1n) is 8.01. The van der Waals surface area contributed by atoms with Crippen LogP contribution in [0.5, 0.6) is 0 Å². The predicted molar refractivity (Wildman–Crippen MR) is 105 cm³/mol. The van der Waals surface area contributed by atoms with E-state index in [1.807, 2.05) is 0 Å². The zero-order valence-electron chi connectivity index (χ0n) is 13.6. The number of morpholine rings is 1. The third-order valence-electron chi connectivity index (χ3n) is 3.98. The second kappa shape index (κ2) is 7.48. The number of amides is 1. The number of rotatable bonds is 2. The Balaban J connectivity index is 1.54. The summed E-state index contributed by atoms with van der Waals surface area (Å²) in [6, 6.07) is 8.78. The van der Waals surface area contributed by atoms with Crippen molar-refractivity contribution in [2.24, 2.45) is 4.99 Å². The van der Waals surface area contributed by atoms with Gasteiger partial charge in [-0.05, 0) is 42.1 Å². The molecule has 1 fully saturated rings. The van der Waals surface area contributed by atoms with Crippen molar-refractivity contribution in [3.8, 4) is 11.3 Å². The number of furan rings is 1. The molecule has 5 nitrogen and oxygen atoms in total. The number of halogens is 2. The molecule has 1 amide bonds. The summed E-state index contributed by atoms with van der Waals surface area (Å²) in [5.41, 5.74) is 0.708. The quantitative estimate of drug-likeness (QED) is 0.681. The highest BCUT2D eigenvalue weighted by Crippen LogP contribution is 2.34. The molecule has 8 heteroatoms. The Morgan fingerprint density at radius 3 is 2.77 bits per heavy atom. The maximum atomic E-state index is 12.2. The van der Waals surface area contributed by atoms with Crippen LogP contribution in [-0.4, -0.2) is 42.3 Å². The van der Waals surface area contributed by atoms with Crippen LogP contribution in [0.4, 0.5) is 0 Å². The van der Waals surface area contributed by atoms with Crippen molar-refractivity contribution in [2.45, 2.75) is 0 Å². The molecule has 1 aromatic heterocycles. The molecule has 2 aliphatic rings. The van der Waals surface area contributed by atoms with Crippen LogP contribution in [0.15, 0.2) is 44.6 Å². The van der Waals surface area contributed by atoms with Gasteiger partial charge in [0, 0.05) is 29.8 Å². The van der Waals surface area contributed by atoms with E-state index in [2.05, 4.69) is 9.89 Å². The lowest BCUT2D eigenvalue weighted by Crippen LogP contribution is -2.38. The molecule has 0 saturated carbocycles. The van der Waals surface area contributed by atoms with Crippen molar-refractivity contribution in [2.75, 3.05) is 26.3 Å². The van der Waals surface area contributed by atoms with Crippen molar-refractivity contribution in [1.29, 1.82) is 0 Å². The number of benzene rings is 1. The van der Waals surface area contributed by atoms with Gasteiger partial charge in [0.1, 0.15) is 11.5 Å². The van der Waals surface area contributed by atoms with Gasteiger partial charge in [0.05, 0.1) is 23.1 Å². The van der Waals surface area contributed by atoms with E-state index in [9.17, 15) is 4.79 Å². The number of amidine groups is 1. The fourth-order valence-electron chi connectivity index (χ4n) is 2.68. The van der Waals surface area contributed by atoms with Gasteiger partial charge < -0.3 is 14.1 Å². The molecule has 3 heterocycles. The van der Waals surface area contributed by atoms with Crippen LogP contribution in [0, 0.1) is 0 Å². The normalized spacial score (nSPS) is 19.3. The third kappa shape index (κ3) is 3.69. The van der Waals surface area contributed by atoms with E-state index in [4.69, 9.17) is 32.4 Å². The molecule has 134 valence electrons. The van der Waals surface area contributed by atoms with Crippen molar-refractivity contribution < 1.29 is 13.9 Å². The van der Waals surface area contributed by atoms with Crippen LogP contribution < -0.4 is 0 Å². The molecule has 0 radical (unpaired) electrons. The summed E-state index contributed by atoms with van der Waals surface area (Å²) in [6.07, 6.45) is 1.70. The number of nitrogens with zero attached hydrogens (tertiary/aromatic N) is 2. The topological polar surface area (TPSA) is 55.0 Å². The van der Waals surface area contributed by atoms with Gasteiger partial charge in [0.25, 0.3) is 5.91 Å². The lowest BCUT2D eigenvalue weighted by Gasteiger charge is -2.27. The molecule has 2 aromatic rings. The number of thioether (sulfide) groups is 1. The first kappa shape index (κ1) is 17.7. The molecule has 4 rings (SSSR count). The molecular formula is C18H14Cl2N2O3S. The minimum absolute atomic E-state index is 0.254. The van der Waals surface area contributed by atoms with Crippen LogP contribution >= 0.6 is 35.0 Å². The van der Waals surface area contributed by atoms with E-state index >= 15 is 0 Å². The Labute approximate surface area is 164 Å². The zero-order valence-corrected chi connectivity index (χ0v) is 15.9. The monoisotopic (exact) mass is 408 g/mol. The summed E-state index contributed by atoms with van der Waals surface area (Å²) in [5, 5.41) is 1.84. The van der Waals surface area contributed by atoms with Gasteiger partial charge in [0.15, 0.2) is 5.17 Å². The highest BCUT2D eigenvalue weighted by atomic mass is 35.5. The number of carbonyl (C=O) groups excluding carboxylic acids is 1. The molecule has 26 heavy (non-hydrogen) atoms. The van der Waals surface area contributed by atoms with E-state index in [0.29, 0.717) is 50.4 Å². The summed E-state index contributed by atoms with van der Waals surface area (Å²) in [4.78, 5) is 18.9. The van der Waals surface area contributed by atoms with Crippen molar-refractivity contribution in [3.05, 3.63) is 51.0 Å². The molecule has 0 aliphatic carbocycles. The summed E-state index contributed by atoms with van der Waals surface area (Å²) in [7, 11) is 0. The van der Waals surface area contributed by atoms with Gasteiger partial charge in [-0.15, -0.1) is 0 Å². The number of hydrogen-bond donors (Lipinski definition) is 0. The average Bonchev–Trinajstić information content (AvgIpc) is 3.25.